The number of aryl methyl sites for hydroxylation is 2. The zero-order valence-corrected chi connectivity index (χ0v) is 23.0. The van der Waals surface area contributed by atoms with E-state index in [4.69, 9.17) is 20.9 Å². The molecule has 0 saturated carbocycles. The summed E-state index contributed by atoms with van der Waals surface area (Å²) in [6.07, 6.45) is 12.9. The first-order valence-electron chi connectivity index (χ1n) is 11.9. The van der Waals surface area contributed by atoms with Crippen molar-refractivity contribution in [3.8, 4) is 0 Å². The van der Waals surface area contributed by atoms with Gasteiger partial charge in [0.15, 0.2) is 11.0 Å². The Morgan fingerprint density at radius 2 is 1.30 bits per heavy atom. The average Bonchev–Trinajstić information content (AvgIpc) is 2.96. The number of nitrogens with zero attached hydrogens (tertiary/aromatic N) is 7. The number of hydrogen-bond acceptors (Lipinski definition) is 9. The molecule has 0 unspecified atom stereocenters. The molecule has 0 bridgehead atoms. The van der Waals surface area contributed by atoms with Gasteiger partial charge >= 0.3 is 0 Å². The van der Waals surface area contributed by atoms with E-state index < -0.39 is 5.97 Å². The van der Waals surface area contributed by atoms with Gasteiger partial charge in [0.2, 0.25) is 0 Å². The number of aliphatic hydroxyl groups excluding tert-OH is 1. The molecule has 0 saturated heterocycles. The first kappa shape index (κ1) is 34.8. The molecule has 4 aromatic heterocycles. The summed E-state index contributed by atoms with van der Waals surface area (Å²) in [5.74, 6) is 4.22. The van der Waals surface area contributed by atoms with Crippen LogP contribution in [-0.4, -0.2) is 54.4 Å². The zero-order chi connectivity index (χ0) is 30.0. The van der Waals surface area contributed by atoms with Gasteiger partial charge in [-0.05, 0) is 61.0 Å². The van der Waals surface area contributed by atoms with E-state index in [9.17, 15) is 4.79 Å². The molecule has 0 radical (unpaired) electrons. The van der Waals surface area contributed by atoms with Gasteiger partial charge in [0, 0.05) is 70.4 Å². The van der Waals surface area contributed by atoms with Crippen molar-refractivity contribution in [1.29, 1.82) is 0 Å². The molecule has 0 aliphatic heterocycles. The lowest BCUT2D eigenvalue weighted by Crippen LogP contribution is -2.17. The quantitative estimate of drug-likeness (QED) is 0.152. The van der Waals surface area contributed by atoms with E-state index in [0.717, 1.165) is 29.7 Å². The number of aliphatic carboxylic acids is 1. The van der Waals surface area contributed by atoms with Gasteiger partial charge in [-0.25, -0.2) is 0 Å². The first-order chi connectivity index (χ1) is 19.3. The van der Waals surface area contributed by atoms with Gasteiger partial charge in [-0.2, -0.15) is 10.2 Å². The second kappa shape index (κ2) is 22.9. The van der Waals surface area contributed by atoms with Crippen LogP contribution < -0.4 is 16.8 Å². The highest BCUT2D eigenvalue weighted by Crippen LogP contribution is 1.91. The maximum absolute atomic E-state index is 9.98. The van der Waals surface area contributed by atoms with Crippen LogP contribution in [0.25, 0.3) is 0 Å². The molecule has 0 aliphatic carbocycles. The van der Waals surface area contributed by atoms with Crippen molar-refractivity contribution < 1.29 is 19.8 Å². The summed E-state index contributed by atoms with van der Waals surface area (Å²) in [6, 6.07) is 18.5. The van der Waals surface area contributed by atoms with Crippen molar-refractivity contribution >= 4 is 18.5 Å². The highest BCUT2D eigenvalue weighted by molar-refractivity contribution is 5.78. The molecule has 212 valence electrons. The third-order valence-corrected chi connectivity index (χ3v) is 4.10. The number of aliphatic hydroxyl groups is 1. The van der Waals surface area contributed by atoms with Crippen molar-refractivity contribution in [2.75, 3.05) is 6.61 Å². The largest absolute Gasteiger partial charge is 0.481 e. The summed E-state index contributed by atoms with van der Waals surface area (Å²) in [5, 5.41) is 26.7. The fourth-order valence-electron chi connectivity index (χ4n) is 2.31. The molecule has 0 amide bonds. The summed E-state index contributed by atoms with van der Waals surface area (Å²) in [4.78, 5) is 26.6. The lowest BCUT2D eigenvalue weighted by molar-refractivity contribution is -0.134. The fraction of sp³-hybridized carbons (Fsp3) is 0.179. The topological polar surface area (TPSA) is 173 Å². The number of nitrogens with two attached hydrogens (primary N) is 1. The molecule has 4 aromatic rings. The highest BCUT2D eigenvalue weighted by atomic mass is 16.4. The van der Waals surface area contributed by atoms with Crippen molar-refractivity contribution in [2.45, 2.75) is 13.8 Å². The van der Waals surface area contributed by atoms with Crippen LogP contribution in [0.2, 0.25) is 0 Å². The lowest BCUT2D eigenvalue weighted by Gasteiger charge is -1.94. The molecule has 12 nitrogen and oxygen atoms in total. The molecule has 4 heterocycles. The number of rotatable bonds is 3. The fourth-order valence-corrected chi connectivity index (χ4v) is 2.31. The van der Waals surface area contributed by atoms with E-state index in [1.54, 1.807) is 50.1 Å². The van der Waals surface area contributed by atoms with Crippen molar-refractivity contribution in [1.82, 2.24) is 19.1 Å². The molecule has 12 heteroatoms. The smallest absolute Gasteiger partial charge is 0.300 e. The number of carboxylic acids is 1. The number of hydrogen-bond donors (Lipinski definition) is 3. The standard InChI is InChI=1S/C12H12N4.C6H9N3.C6H5NO.C2H4O2.C2H6O/c1-16-9-3-2-4-12(16)15-14-10-11-5-7-13-8-6-11;1-9-5-3-2-4-6(9)8-7;8-5-6-1-3-7-4-2-6;1-2(3)4;1-2-3/h2-10H,1H3;2-5H,7H2,1H3;1-5H;1H3,(H,3,4);3H,2H2,1H3/b14-10+,15-12+;8-6+;;;. The first-order valence-corrected chi connectivity index (χ1v) is 11.9. The minimum Gasteiger partial charge on any atom is -0.481 e. The minimum absolute atomic E-state index is 0.250. The van der Waals surface area contributed by atoms with Crippen LogP contribution in [0, 0.1) is 0 Å². The third-order valence-electron chi connectivity index (χ3n) is 4.10. The zero-order valence-electron chi connectivity index (χ0n) is 23.0. The van der Waals surface area contributed by atoms with E-state index in [1.807, 2.05) is 84.2 Å². The van der Waals surface area contributed by atoms with E-state index in [1.165, 1.54) is 0 Å². The van der Waals surface area contributed by atoms with Gasteiger partial charge in [0.05, 0.1) is 6.21 Å². The summed E-state index contributed by atoms with van der Waals surface area (Å²) in [5.41, 5.74) is 3.24. The van der Waals surface area contributed by atoms with Gasteiger partial charge < -0.3 is 25.2 Å². The van der Waals surface area contributed by atoms with Crippen LogP contribution in [0.5, 0.6) is 0 Å². The Kier molecular flexibility index (Phi) is 19.9. The molecular weight excluding hydrogens is 512 g/mol. The van der Waals surface area contributed by atoms with E-state index in [2.05, 4.69) is 25.3 Å². The van der Waals surface area contributed by atoms with Gasteiger partial charge in [0.25, 0.3) is 5.97 Å². The van der Waals surface area contributed by atoms with Gasteiger partial charge in [0.1, 0.15) is 6.29 Å². The molecular formula is C28H36N8O4. The van der Waals surface area contributed by atoms with Crippen LogP contribution in [0.3, 0.4) is 0 Å². The monoisotopic (exact) mass is 548 g/mol. The average molecular weight is 549 g/mol. The summed E-state index contributed by atoms with van der Waals surface area (Å²) in [6.45, 7) is 3.01. The molecule has 4 rings (SSSR count). The number of carbonyl (C=O) groups is 2. The summed E-state index contributed by atoms with van der Waals surface area (Å²) >= 11 is 0. The number of carbonyl (C=O) groups excluding carboxylic acids is 1. The Morgan fingerprint density at radius 1 is 0.875 bits per heavy atom. The summed E-state index contributed by atoms with van der Waals surface area (Å²) in [7, 11) is 3.83. The van der Waals surface area contributed by atoms with Crippen LogP contribution in [-0.2, 0) is 18.9 Å². The van der Waals surface area contributed by atoms with Crippen molar-refractivity contribution in [3.05, 3.63) is 120 Å². The number of carboxylic acid groups (broad SMARTS) is 1. The maximum atomic E-state index is 9.98. The Bertz CT molecular complexity index is 1380. The Labute approximate surface area is 233 Å². The SMILES string of the molecule is CC(=O)O.CCO.Cn1cccc/c1=N\N.Cn1cccc/c1=N\N=C\c1ccncc1.O=Cc1ccncc1. The van der Waals surface area contributed by atoms with Gasteiger partial charge in [-0.1, -0.05) is 12.1 Å². The molecule has 0 aliphatic rings. The van der Waals surface area contributed by atoms with Crippen LogP contribution in [0.15, 0.2) is 113 Å². The van der Waals surface area contributed by atoms with Crippen LogP contribution in [0.1, 0.15) is 29.8 Å². The van der Waals surface area contributed by atoms with Gasteiger partial charge in [-0.3, -0.25) is 19.6 Å². The maximum Gasteiger partial charge on any atom is 0.300 e. The van der Waals surface area contributed by atoms with E-state index >= 15 is 0 Å². The molecule has 0 spiro atoms. The number of aromatic nitrogens is 4. The molecule has 40 heavy (non-hydrogen) atoms. The predicted molar refractivity (Wildman–Crippen MR) is 154 cm³/mol. The van der Waals surface area contributed by atoms with Crippen molar-refractivity contribution in [3.63, 3.8) is 0 Å². The normalized spacial score (nSPS) is 10.3. The van der Waals surface area contributed by atoms with Crippen molar-refractivity contribution in [2.24, 2.45) is 35.2 Å². The molecule has 0 atom stereocenters. The second-order valence-electron chi connectivity index (χ2n) is 7.33. The molecule has 0 fully saturated rings. The Balaban J connectivity index is 0.000000541. The van der Waals surface area contributed by atoms with Gasteiger partial charge in [-0.15, -0.1) is 5.10 Å². The minimum atomic E-state index is -0.833. The Hall–Kier alpha value is -5.23. The Morgan fingerprint density at radius 3 is 1.65 bits per heavy atom. The molecule has 4 N–H and O–H groups in total. The molecule has 0 aromatic carbocycles. The highest BCUT2D eigenvalue weighted by Gasteiger charge is 1.85. The lowest BCUT2D eigenvalue weighted by atomic mass is 10.3. The predicted octanol–water partition coefficient (Wildman–Crippen LogP) is 2.14. The summed E-state index contributed by atoms with van der Waals surface area (Å²) < 4.78 is 3.75. The second-order valence-corrected chi connectivity index (χ2v) is 7.33. The number of pyridine rings is 4. The third kappa shape index (κ3) is 18.1. The number of aldehydes is 1. The van der Waals surface area contributed by atoms with Crippen LogP contribution >= 0.6 is 0 Å². The van der Waals surface area contributed by atoms with E-state index in [0.29, 0.717) is 5.56 Å². The van der Waals surface area contributed by atoms with E-state index in [-0.39, 0.29) is 6.61 Å². The van der Waals surface area contributed by atoms with Crippen LogP contribution in [0.4, 0.5) is 0 Å².